The van der Waals surface area contributed by atoms with E-state index >= 15 is 0 Å². The van der Waals surface area contributed by atoms with Crippen LogP contribution in [0.1, 0.15) is 51.4 Å². The number of ether oxygens (including phenoxy) is 7. The highest BCUT2D eigenvalue weighted by Gasteiger charge is 2.38. The summed E-state index contributed by atoms with van der Waals surface area (Å²) in [6, 6.07) is 0. The van der Waals surface area contributed by atoms with Crippen molar-refractivity contribution in [2.24, 2.45) is 10.8 Å². The third-order valence-electron chi connectivity index (χ3n) is 6.54. The Morgan fingerprint density at radius 1 is 0.367 bits per heavy atom. The molecule has 0 amide bonds. The van der Waals surface area contributed by atoms with Gasteiger partial charge in [0.2, 0.25) is 0 Å². The van der Waals surface area contributed by atoms with Crippen LogP contribution in [0.3, 0.4) is 0 Å². The molecule has 0 heterocycles. The van der Waals surface area contributed by atoms with Crippen molar-refractivity contribution in [3.8, 4) is 0 Å². The molecule has 0 fully saturated rings. The molecule has 0 unspecified atom stereocenters. The Morgan fingerprint density at radius 3 is 0.857 bits per heavy atom. The molecule has 49 heavy (non-hydrogen) atoms. The number of carbonyl (C=O) groups is 6. The molecule has 19 heteroatoms. The van der Waals surface area contributed by atoms with Crippen molar-refractivity contribution < 1.29 is 61.9 Å². The molecule has 13 nitrogen and oxygen atoms in total. The molecule has 0 radical (unpaired) electrons. The quantitative estimate of drug-likeness (QED) is 0.0272. The average molecular weight is 811 g/mol. The molecule has 0 aromatic rings. The maximum Gasteiger partial charge on any atom is 0.306 e. The summed E-state index contributed by atoms with van der Waals surface area (Å²) in [5.74, 6) is -1.75. The Bertz CT molecular complexity index is 815. The monoisotopic (exact) mass is 810 g/mol. The van der Waals surface area contributed by atoms with Crippen LogP contribution in [0.25, 0.3) is 0 Å². The Hall–Kier alpha value is -1.12. The second-order valence-corrected chi connectivity index (χ2v) is 13.6. The minimum absolute atomic E-state index is 0.0245. The fourth-order valence-electron chi connectivity index (χ4n) is 3.81. The van der Waals surface area contributed by atoms with Gasteiger partial charge in [0.05, 0.1) is 56.0 Å². The molecule has 0 saturated heterocycles. The smallest absolute Gasteiger partial charge is 0.306 e. The first-order chi connectivity index (χ1) is 23.4. The maximum absolute atomic E-state index is 12.3. The van der Waals surface area contributed by atoms with Crippen LogP contribution < -0.4 is 0 Å². The van der Waals surface area contributed by atoms with Gasteiger partial charge in [-0.25, -0.2) is 0 Å². The van der Waals surface area contributed by atoms with Crippen molar-refractivity contribution in [3.05, 3.63) is 0 Å². The molecule has 0 aromatic heterocycles. The number of hydrogen-bond acceptors (Lipinski definition) is 19. The molecule has 0 bridgehead atoms. The van der Waals surface area contributed by atoms with E-state index in [4.69, 9.17) is 33.2 Å². The second-order valence-electron chi connectivity index (χ2n) is 11.0. The molecule has 0 saturated carbocycles. The summed E-state index contributed by atoms with van der Waals surface area (Å²) in [6.07, 6.45) is 0.690. The third kappa shape index (κ3) is 23.9. The summed E-state index contributed by atoms with van der Waals surface area (Å²) in [4.78, 5) is 73.5. The maximum atomic E-state index is 12.3. The van der Waals surface area contributed by atoms with E-state index in [9.17, 15) is 28.8 Å². The summed E-state index contributed by atoms with van der Waals surface area (Å²) in [5, 5.41) is 0. The molecular weight excluding hydrogens is 761 g/mol. The lowest BCUT2D eigenvalue weighted by atomic mass is 9.85. The first kappa shape index (κ1) is 47.9. The Balaban J connectivity index is 6.04. The van der Waals surface area contributed by atoms with Crippen LogP contribution in [0.4, 0.5) is 0 Å². The lowest BCUT2D eigenvalue weighted by Gasteiger charge is -2.33. The Kier molecular flexibility index (Phi) is 28.8. The fourth-order valence-corrected chi connectivity index (χ4v) is 4.91. The lowest BCUT2D eigenvalue weighted by Crippen LogP contribution is -2.43. The topological polar surface area (TPSA) is 167 Å². The van der Waals surface area contributed by atoms with Crippen LogP contribution in [-0.2, 0) is 61.9 Å². The Morgan fingerprint density at radius 2 is 0.612 bits per heavy atom. The van der Waals surface area contributed by atoms with E-state index in [1.54, 1.807) is 0 Å². The van der Waals surface area contributed by atoms with Crippen LogP contribution >= 0.6 is 75.8 Å². The van der Waals surface area contributed by atoms with E-state index in [0.29, 0.717) is 0 Å². The van der Waals surface area contributed by atoms with Crippen LogP contribution in [0.15, 0.2) is 0 Å². The van der Waals surface area contributed by atoms with Crippen molar-refractivity contribution in [1.82, 2.24) is 0 Å². The fraction of sp³-hybridized carbons (Fsp3) is 0.800. The van der Waals surface area contributed by atoms with Gasteiger partial charge in [0.15, 0.2) is 0 Å². The molecule has 0 aliphatic rings. The largest absolute Gasteiger partial charge is 0.465 e. The molecule has 0 aromatic carbocycles. The molecule has 0 spiro atoms. The van der Waals surface area contributed by atoms with Crippen LogP contribution in [-0.4, -0.2) is 123 Å². The van der Waals surface area contributed by atoms with Gasteiger partial charge in [0.25, 0.3) is 0 Å². The van der Waals surface area contributed by atoms with Crippen LogP contribution in [0, 0.1) is 10.8 Å². The highest BCUT2D eigenvalue weighted by atomic mass is 32.1. The standard InChI is InChI=1S/C30H50O13S6/c31-23(2-10-44)38-17-29(18-39-24(32)3-11-45,19-40-25(33)4-12-46)8-1-9-37-16-30(20-41-26(34)5-13-47,21-42-27(35)6-14-48)22-43-28(36)7-15-49/h44-49H,1-22H2. The van der Waals surface area contributed by atoms with Gasteiger partial charge in [-0.3, -0.25) is 28.8 Å². The van der Waals surface area contributed by atoms with E-state index in [1.807, 2.05) is 0 Å². The highest BCUT2D eigenvalue weighted by molar-refractivity contribution is 7.81. The second kappa shape index (κ2) is 29.5. The van der Waals surface area contributed by atoms with Gasteiger partial charge in [-0.05, 0) is 12.8 Å². The first-order valence-electron chi connectivity index (χ1n) is 15.6. The molecular formula is C30H50O13S6. The van der Waals surface area contributed by atoms with Gasteiger partial charge in [0, 0.05) is 41.1 Å². The van der Waals surface area contributed by atoms with Gasteiger partial charge in [-0.2, -0.15) is 75.8 Å². The third-order valence-corrected chi connectivity index (χ3v) is 7.88. The molecule has 0 atom stereocenters. The summed E-state index contributed by atoms with van der Waals surface area (Å²) in [5.41, 5.74) is -2.40. The zero-order valence-corrected chi connectivity index (χ0v) is 32.9. The summed E-state index contributed by atoms with van der Waals surface area (Å²) in [6.45, 7) is -1.68. The van der Waals surface area contributed by atoms with Gasteiger partial charge >= 0.3 is 35.8 Å². The van der Waals surface area contributed by atoms with Gasteiger partial charge in [-0.15, -0.1) is 0 Å². The zero-order valence-electron chi connectivity index (χ0n) is 27.5. The van der Waals surface area contributed by atoms with Crippen molar-refractivity contribution in [2.75, 3.05) is 87.4 Å². The number of rotatable bonds is 30. The predicted molar refractivity (Wildman–Crippen MR) is 201 cm³/mol. The summed E-state index contributed by atoms with van der Waals surface area (Å²) in [7, 11) is 0. The van der Waals surface area contributed by atoms with E-state index in [1.165, 1.54) is 0 Å². The molecule has 0 aliphatic heterocycles. The van der Waals surface area contributed by atoms with Gasteiger partial charge in [-0.1, -0.05) is 0 Å². The first-order valence-corrected chi connectivity index (χ1v) is 19.4. The van der Waals surface area contributed by atoms with Crippen LogP contribution in [0.2, 0.25) is 0 Å². The predicted octanol–water partition coefficient (Wildman–Crippen LogP) is 2.93. The van der Waals surface area contributed by atoms with Crippen molar-refractivity contribution in [2.45, 2.75) is 51.4 Å². The minimum Gasteiger partial charge on any atom is -0.465 e. The molecule has 0 rings (SSSR count). The SMILES string of the molecule is O=C(CCS)OCC(CCCOCC(COC(=O)CCS)(COC(=O)CCS)COC(=O)CCS)(COC(=O)CCS)COC(=O)CCS. The van der Waals surface area contributed by atoms with Gasteiger partial charge in [0.1, 0.15) is 39.6 Å². The summed E-state index contributed by atoms with van der Waals surface area (Å²) < 4.78 is 38.7. The number of esters is 6. The van der Waals surface area contributed by atoms with E-state index in [0.717, 1.165) is 0 Å². The molecule has 0 N–H and O–H groups in total. The van der Waals surface area contributed by atoms with Crippen LogP contribution in [0.5, 0.6) is 0 Å². The number of thiol groups is 6. The highest BCUT2D eigenvalue weighted by Crippen LogP contribution is 2.28. The normalized spacial score (nSPS) is 11.4. The molecule has 284 valence electrons. The number of hydrogen-bond donors (Lipinski definition) is 6. The van der Waals surface area contributed by atoms with E-state index in [-0.39, 0.29) is 139 Å². The van der Waals surface area contributed by atoms with Gasteiger partial charge < -0.3 is 33.2 Å². The Labute approximate surface area is 321 Å². The lowest BCUT2D eigenvalue weighted by molar-refractivity contribution is -0.167. The van der Waals surface area contributed by atoms with Crippen molar-refractivity contribution in [3.63, 3.8) is 0 Å². The molecule has 0 aliphatic carbocycles. The number of carbonyl (C=O) groups excluding carboxylic acids is 6. The summed E-state index contributed by atoms with van der Waals surface area (Å²) >= 11 is 24.3. The van der Waals surface area contributed by atoms with Crippen molar-refractivity contribution >= 4 is 112 Å². The minimum atomic E-state index is -1.27. The van der Waals surface area contributed by atoms with E-state index in [2.05, 4.69) is 75.8 Å². The van der Waals surface area contributed by atoms with Crippen molar-refractivity contribution in [1.29, 1.82) is 0 Å². The zero-order chi connectivity index (χ0) is 37.0. The average Bonchev–Trinajstić information content (AvgIpc) is 3.06. The van der Waals surface area contributed by atoms with E-state index < -0.39 is 46.6 Å².